The van der Waals surface area contributed by atoms with Crippen LogP contribution in [-0.4, -0.2) is 39.5 Å². The monoisotopic (exact) mass is 404 g/mol. The number of nitriles is 1. The third kappa shape index (κ3) is 4.18. The Bertz CT molecular complexity index is 1110. The van der Waals surface area contributed by atoms with Gasteiger partial charge in [0.05, 0.1) is 33.3 Å². The van der Waals surface area contributed by atoms with Crippen molar-refractivity contribution in [2.24, 2.45) is 0 Å². The molecule has 1 aliphatic heterocycles. The van der Waals surface area contributed by atoms with Crippen LogP contribution in [-0.2, 0) is 19.7 Å². The second-order valence-electron chi connectivity index (χ2n) is 6.24. The Balaban J connectivity index is 1.74. The summed E-state index contributed by atoms with van der Waals surface area (Å²) in [6.07, 6.45) is 0.0889. The molecule has 1 N–H and O–H groups in total. The third-order valence-electron chi connectivity index (χ3n) is 4.35. The minimum Gasteiger partial charge on any atom is -0.322 e. The van der Waals surface area contributed by atoms with Gasteiger partial charge in [0.2, 0.25) is 0 Å². The molecule has 1 saturated heterocycles. The van der Waals surface area contributed by atoms with E-state index in [0.29, 0.717) is 11.3 Å². The topological polar surface area (TPSA) is 121 Å². The summed E-state index contributed by atoms with van der Waals surface area (Å²) in [5, 5.41) is 10.5. The molecular weight excluding hydrogens is 388 g/mol. The second kappa shape index (κ2) is 7.13. The van der Waals surface area contributed by atoms with Crippen molar-refractivity contribution in [1.82, 2.24) is 0 Å². The first-order valence-electron chi connectivity index (χ1n) is 8.07. The predicted molar refractivity (Wildman–Crippen MR) is 99.8 cm³/mol. The van der Waals surface area contributed by atoms with Gasteiger partial charge >= 0.3 is 0 Å². The minimum atomic E-state index is -3.76. The lowest BCUT2D eigenvalue weighted by molar-refractivity contribution is 0.102. The standard InChI is InChI=1S/C18H16N2O5S2/c19-11-13-1-5-15(6-2-13)20-18(21)14-3-7-16(8-4-14)27(24,25)17-9-10-26(22,23)12-17/h1-8,17H,9-10,12H2,(H,20,21)/t17-/m0/s1. The fraction of sp³-hybridized carbons (Fsp3) is 0.222. The molecule has 0 saturated carbocycles. The molecule has 27 heavy (non-hydrogen) atoms. The third-order valence-corrected chi connectivity index (χ3v) is 8.53. The average molecular weight is 404 g/mol. The van der Waals surface area contributed by atoms with E-state index in [1.807, 2.05) is 6.07 Å². The van der Waals surface area contributed by atoms with Gasteiger partial charge in [-0.05, 0) is 55.0 Å². The van der Waals surface area contributed by atoms with Crippen LogP contribution < -0.4 is 5.32 Å². The number of nitrogens with one attached hydrogen (secondary N) is 1. The Morgan fingerprint density at radius 3 is 2.22 bits per heavy atom. The smallest absolute Gasteiger partial charge is 0.255 e. The highest BCUT2D eigenvalue weighted by Crippen LogP contribution is 2.25. The van der Waals surface area contributed by atoms with Gasteiger partial charge in [-0.3, -0.25) is 4.79 Å². The summed E-state index contributed by atoms with van der Waals surface area (Å²) in [6.45, 7) is 0. The Morgan fingerprint density at radius 1 is 1.07 bits per heavy atom. The Kier molecular flexibility index (Phi) is 5.04. The molecule has 1 heterocycles. The van der Waals surface area contributed by atoms with E-state index in [1.54, 1.807) is 24.3 Å². The first-order valence-corrected chi connectivity index (χ1v) is 11.4. The number of hydrogen-bond acceptors (Lipinski definition) is 6. The molecule has 1 amide bonds. The molecule has 9 heteroatoms. The zero-order valence-corrected chi connectivity index (χ0v) is 15.8. The van der Waals surface area contributed by atoms with E-state index in [2.05, 4.69) is 5.32 Å². The maximum atomic E-state index is 12.6. The van der Waals surface area contributed by atoms with Crippen molar-refractivity contribution in [3.8, 4) is 6.07 Å². The van der Waals surface area contributed by atoms with Crippen LogP contribution >= 0.6 is 0 Å². The van der Waals surface area contributed by atoms with E-state index in [4.69, 9.17) is 5.26 Å². The van der Waals surface area contributed by atoms with Crippen molar-refractivity contribution in [1.29, 1.82) is 5.26 Å². The summed E-state index contributed by atoms with van der Waals surface area (Å²) in [4.78, 5) is 12.3. The summed E-state index contributed by atoms with van der Waals surface area (Å²) in [7, 11) is -7.07. The number of nitrogens with zero attached hydrogens (tertiary/aromatic N) is 1. The zero-order valence-electron chi connectivity index (χ0n) is 14.1. The van der Waals surface area contributed by atoms with E-state index >= 15 is 0 Å². The normalized spacial score (nSPS) is 18.6. The maximum absolute atomic E-state index is 12.6. The van der Waals surface area contributed by atoms with Gasteiger partial charge < -0.3 is 5.32 Å². The van der Waals surface area contributed by atoms with E-state index in [1.165, 1.54) is 24.3 Å². The number of rotatable bonds is 4. The molecular formula is C18H16N2O5S2. The van der Waals surface area contributed by atoms with Crippen LogP contribution in [0.25, 0.3) is 0 Å². The van der Waals surface area contributed by atoms with Gasteiger partial charge in [0.1, 0.15) is 0 Å². The number of carbonyl (C=O) groups excluding carboxylic acids is 1. The number of hydrogen-bond donors (Lipinski definition) is 1. The van der Waals surface area contributed by atoms with Crippen LogP contribution in [0.5, 0.6) is 0 Å². The van der Waals surface area contributed by atoms with Crippen molar-refractivity contribution in [3.05, 3.63) is 59.7 Å². The van der Waals surface area contributed by atoms with Gasteiger partial charge in [-0.15, -0.1) is 0 Å². The van der Waals surface area contributed by atoms with Crippen molar-refractivity contribution in [2.75, 3.05) is 16.8 Å². The molecule has 1 fully saturated rings. The highest BCUT2D eigenvalue weighted by molar-refractivity contribution is 7.96. The molecule has 1 aliphatic rings. The van der Waals surface area contributed by atoms with E-state index in [9.17, 15) is 21.6 Å². The summed E-state index contributed by atoms with van der Waals surface area (Å²) in [5.74, 6) is -0.912. The van der Waals surface area contributed by atoms with Crippen molar-refractivity contribution >= 4 is 31.3 Å². The van der Waals surface area contributed by atoms with Crippen LogP contribution in [0.2, 0.25) is 0 Å². The van der Waals surface area contributed by atoms with E-state index < -0.39 is 30.8 Å². The largest absolute Gasteiger partial charge is 0.322 e. The molecule has 7 nitrogen and oxygen atoms in total. The van der Waals surface area contributed by atoms with Crippen LogP contribution in [0.15, 0.2) is 53.4 Å². The molecule has 0 aliphatic carbocycles. The summed E-state index contributed by atoms with van der Waals surface area (Å²) >= 11 is 0. The highest BCUT2D eigenvalue weighted by Gasteiger charge is 2.37. The van der Waals surface area contributed by atoms with Crippen LogP contribution in [0.1, 0.15) is 22.3 Å². The van der Waals surface area contributed by atoms with Crippen LogP contribution in [0, 0.1) is 11.3 Å². The van der Waals surface area contributed by atoms with E-state index in [0.717, 1.165) is 0 Å². The summed E-state index contributed by atoms with van der Waals surface area (Å²) in [6, 6.07) is 13.7. The van der Waals surface area contributed by atoms with Gasteiger partial charge in [-0.1, -0.05) is 0 Å². The molecule has 3 rings (SSSR count). The molecule has 0 spiro atoms. The number of sulfone groups is 2. The van der Waals surface area contributed by atoms with Crippen molar-refractivity contribution < 1.29 is 21.6 Å². The number of amides is 1. The molecule has 0 aromatic heterocycles. The van der Waals surface area contributed by atoms with Gasteiger partial charge in [0, 0.05) is 11.3 Å². The SMILES string of the molecule is N#Cc1ccc(NC(=O)c2ccc(S(=O)(=O)[C@H]3CCS(=O)(=O)C3)cc2)cc1. The van der Waals surface area contributed by atoms with Gasteiger partial charge in [0.25, 0.3) is 5.91 Å². The van der Waals surface area contributed by atoms with Crippen molar-refractivity contribution in [3.63, 3.8) is 0 Å². The first-order chi connectivity index (χ1) is 12.7. The van der Waals surface area contributed by atoms with Gasteiger partial charge in [0.15, 0.2) is 19.7 Å². The lowest BCUT2D eigenvalue weighted by Crippen LogP contribution is -2.22. The molecule has 0 unspecified atom stereocenters. The predicted octanol–water partition coefficient (Wildman–Crippen LogP) is 1.77. The second-order valence-corrected chi connectivity index (χ2v) is 10.7. The number of anilines is 1. The minimum absolute atomic E-state index is 0.000442. The average Bonchev–Trinajstić information content (AvgIpc) is 3.03. The number of benzene rings is 2. The quantitative estimate of drug-likeness (QED) is 0.829. The van der Waals surface area contributed by atoms with Crippen LogP contribution in [0.3, 0.4) is 0 Å². The molecule has 2 aromatic carbocycles. The lowest BCUT2D eigenvalue weighted by Gasteiger charge is -2.11. The molecule has 1 atom stereocenters. The van der Waals surface area contributed by atoms with Gasteiger partial charge in [-0.25, -0.2) is 16.8 Å². The lowest BCUT2D eigenvalue weighted by atomic mass is 10.2. The van der Waals surface area contributed by atoms with E-state index in [-0.39, 0.29) is 28.4 Å². The molecule has 0 bridgehead atoms. The summed E-state index contributed by atoms with van der Waals surface area (Å²) < 4.78 is 48.2. The van der Waals surface area contributed by atoms with Gasteiger partial charge in [-0.2, -0.15) is 5.26 Å². The maximum Gasteiger partial charge on any atom is 0.255 e. The molecule has 140 valence electrons. The first kappa shape index (κ1) is 19.1. The Hall–Kier alpha value is -2.70. The fourth-order valence-corrected chi connectivity index (χ4v) is 7.19. The molecule has 2 aromatic rings. The summed E-state index contributed by atoms with van der Waals surface area (Å²) in [5.41, 5.74) is 1.24. The zero-order chi connectivity index (χ0) is 19.7. The Morgan fingerprint density at radius 2 is 1.70 bits per heavy atom. The highest BCUT2D eigenvalue weighted by atomic mass is 32.2. The van der Waals surface area contributed by atoms with Crippen molar-refractivity contribution in [2.45, 2.75) is 16.6 Å². The van der Waals surface area contributed by atoms with Crippen LogP contribution in [0.4, 0.5) is 5.69 Å². The fourth-order valence-electron chi connectivity index (χ4n) is 2.83. The Labute approximate surface area is 157 Å². The molecule has 0 radical (unpaired) electrons. The number of carbonyl (C=O) groups is 1.